The summed E-state index contributed by atoms with van der Waals surface area (Å²) in [5.74, 6) is 2.33. The molecular weight excluding hydrogens is 266 g/mol. The Morgan fingerprint density at radius 2 is 2.10 bits per heavy atom. The van der Waals surface area contributed by atoms with Gasteiger partial charge in [-0.2, -0.15) is 5.10 Å². The third kappa shape index (κ3) is 1.93. The first kappa shape index (κ1) is 13.7. The van der Waals surface area contributed by atoms with Gasteiger partial charge < -0.3 is 10.2 Å². The lowest BCUT2D eigenvalue weighted by atomic mass is 10.1. The number of nitrogens with two attached hydrogens (primary N) is 1. The number of aromatic nitrogens is 4. The van der Waals surface area contributed by atoms with Crippen LogP contribution in [0.2, 0.25) is 0 Å². The molecular formula is C15H21N5O. The highest BCUT2D eigenvalue weighted by Gasteiger charge is 2.23. The van der Waals surface area contributed by atoms with Gasteiger partial charge >= 0.3 is 0 Å². The van der Waals surface area contributed by atoms with Crippen LogP contribution < -0.4 is 5.73 Å². The molecule has 0 saturated heterocycles. The van der Waals surface area contributed by atoms with E-state index in [4.69, 9.17) is 10.2 Å². The van der Waals surface area contributed by atoms with Crippen molar-refractivity contribution in [1.29, 1.82) is 0 Å². The van der Waals surface area contributed by atoms with E-state index in [0.717, 1.165) is 40.4 Å². The van der Waals surface area contributed by atoms with Crippen LogP contribution in [0.25, 0.3) is 11.2 Å². The molecule has 0 fully saturated rings. The van der Waals surface area contributed by atoms with Crippen LogP contribution in [0.15, 0.2) is 10.5 Å². The minimum atomic E-state index is 0.0487. The van der Waals surface area contributed by atoms with E-state index >= 15 is 0 Å². The molecule has 0 saturated carbocycles. The van der Waals surface area contributed by atoms with Gasteiger partial charge in [0.2, 0.25) is 5.95 Å². The number of anilines is 1. The Hall–Kier alpha value is -2.24. The van der Waals surface area contributed by atoms with E-state index in [1.807, 2.05) is 30.1 Å². The van der Waals surface area contributed by atoms with Crippen LogP contribution in [0.4, 0.5) is 5.95 Å². The van der Waals surface area contributed by atoms with E-state index in [0.29, 0.717) is 5.95 Å². The SMILES string of the molecule is CCc1nn(C)c2c1nc(N)n2C(C)c1cc(C)oc1C. The lowest BCUT2D eigenvalue weighted by molar-refractivity contribution is 0.495. The van der Waals surface area contributed by atoms with Crippen LogP contribution in [-0.4, -0.2) is 19.3 Å². The maximum atomic E-state index is 6.17. The molecule has 6 nitrogen and oxygen atoms in total. The van der Waals surface area contributed by atoms with E-state index in [1.54, 1.807) is 0 Å². The number of imidazole rings is 1. The van der Waals surface area contributed by atoms with Crippen molar-refractivity contribution in [3.8, 4) is 0 Å². The molecule has 0 amide bonds. The Bertz CT molecular complexity index is 808. The smallest absolute Gasteiger partial charge is 0.203 e. The fourth-order valence-corrected chi connectivity index (χ4v) is 3.04. The standard InChI is InChI=1S/C15H21N5O/c1-6-12-13-14(19(5)18-12)20(15(16)17-13)9(3)11-7-8(2)21-10(11)4/h7,9H,6H2,1-5H3,(H2,16,17). The maximum Gasteiger partial charge on any atom is 0.203 e. The first-order valence-electron chi connectivity index (χ1n) is 7.20. The van der Waals surface area contributed by atoms with Gasteiger partial charge in [-0.1, -0.05) is 6.92 Å². The molecule has 21 heavy (non-hydrogen) atoms. The molecule has 1 unspecified atom stereocenters. The summed E-state index contributed by atoms with van der Waals surface area (Å²) in [6.45, 7) is 8.11. The fraction of sp³-hybridized carbons (Fsp3) is 0.467. The molecule has 0 aliphatic carbocycles. The number of nitrogens with zero attached hydrogens (tertiary/aromatic N) is 4. The number of fused-ring (bicyclic) bond motifs is 1. The molecule has 112 valence electrons. The zero-order valence-corrected chi connectivity index (χ0v) is 13.1. The topological polar surface area (TPSA) is 74.8 Å². The van der Waals surface area contributed by atoms with Gasteiger partial charge in [-0.25, -0.2) is 4.98 Å². The maximum absolute atomic E-state index is 6.17. The molecule has 3 rings (SSSR count). The van der Waals surface area contributed by atoms with E-state index in [-0.39, 0.29) is 6.04 Å². The summed E-state index contributed by atoms with van der Waals surface area (Å²) in [5, 5.41) is 4.53. The molecule has 2 N–H and O–H groups in total. The summed E-state index contributed by atoms with van der Waals surface area (Å²) in [6.07, 6.45) is 0.839. The van der Waals surface area contributed by atoms with Crippen molar-refractivity contribution in [3.05, 3.63) is 28.8 Å². The van der Waals surface area contributed by atoms with Crippen molar-refractivity contribution in [3.63, 3.8) is 0 Å². The number of furan rings is 1. The third-order valence-corrected chi connectivity index (χ3v) is 4.02. The predicted octanol–water partition coefficient (Wildman–Crippen LogP) is 2.73. The molecule has 3 heterocycles. The Morgan fingerprint density at radius 1 is 1.38 bits per heavy atom. The van der Waals surface area contributed by atoms with Gasteiger partial charge in [-0.3, -0.25) is 9.25 Å². The highest BCUT2D eigenvalue weighted by atomic mass is 16.3. The van der Waals surface area contributed by atoms with E-state index in [2.05, 4.69) is 30.0 Å². The van der Waals surface area contributed by atoms with Gasteiger partial charge in [-0.05, 0) is 33.3 Å². The summed E-state index contributed by atoms with van der Waals surface area (Å²) in [4.78, 5) is 4.51. The Labute approximate surface area is 123 Å². The second-order valence-corrected chi connectivity index (χ2v) is 5.48. The third-order valence-electron chi connectivity index (χ3n) is 4.02. The number of hydrogen-bond acceptors (Lipinski definition) is 4. The summed E-state index contributed by atoms with van der Waals surface area (Å²) in [6, 6.07) is 2.11. The van der Waals surface area contributed by atoms with Crippen LogP contribution in [0.3, 0.4) is 0 Å². The van der Waals surface area contributed by atoms with Crippen molar-refractivity contribution in [1.82, 2.24) is 19.3 Å². The zero-order chi connectivity index (χ0) is 15.3. The van der Waals surface area contributed by atoms with E-state index in [1.165, 1.54) is 0 Å². The van der Waals surface area contributed by atoms with Gasteiger partial charge in [0.1, 0.15) is 17.0 Å². The Kier molecular flexibility index (Phi) is 3.04. The first-order valence-corrected chi connectivity index (χ1v) is 7.20. The number of rotatable bonds is 3. The van der Waals surface area contributed by atoms with Gasteiger partial charge in [0, 0.05) is 12.6 Å². The van der Waals surface area contributed by atoms with Crippen LogP contribution in [0.1, 0.15) is 42.7 Å². The van der Waals surface area contributed by atoms with Crippen LogP contribution in [0.5, 0.6) is 0 Å². The fourth-order valence-electron chi connectivity index (χ4n) is 3.04. The summed E-state index contributed by atoms with van der Waals surface area (Å²) < 4.78 is 9.53. The van der Waals surface area contributed by atoms with Crippen molar-refractivity contribution >= 4 is 17.1 Å². The molecule has 6 heteroatoms. The predicted molar refractivity (Wildman–Crippen MR) is 82.3 cm³/mol. The Morgan fingerprint density at radius 3 is 2.67 bits per heavy atom. The minimum absolute atomic E-state index is 0.0487. The van der Waals surface area contributed by atoms with Crippen LogP contribution >= 0.6 is 0 Å². The van der Waals surface area contributed by atoms with Crippen LogP contribution in [0, 0.1) is 13.8 Å². The van der Waals surface area contributed by atoms with Crippen molar-refractivity contribution < 1.29 is 4.42 Å². The monoisotopic (exact) mass is 287 g/mol. The van der Waals surface area contributed by atoms with Gasteiger partial charge in [-0.15, -0.1) is 0 Å². The van der Waals surface area contributed by atoms with Crippen molar-refractivity contribution in [2.45, 2.75) is 40.2 Å². The highest BCUT2D eigenvalue weighted by molar-refractivity contribution is 5.78. The normalized spacial score (nSPS) is 13.2. The zero-order valence-electron chi connectivity index (χ0n) is 13.1. The molecule has 0 aliphatic heterocycles. The second kappa shape index (κ2) is 4.65. The molecule has 3 aromatic heterocycles. The first-order chi connectivity index (χ1) is 9.93. The molecule has 0 aromatic carbocycles. The second-order valence-electron chi connectivity index (χ2n) is 5.48. The Balaban J connectivity index is 2.22. The van der Waals surface area contributed by atoms with Gasteiger partial charge in [0.15, 0.2) is 5.65 Å². The van der Waals surface area contributed by atoms with Gasteiger partial charge in [0.05, 0.1) is 11.7 Å². The average Bonchev–Trinajstić information content (AvgIpc) is 3.03. The molecule has 3 aromatic rings. The average molecular weight is 287 g/mol. The number of hydrogen-bond donors (Lipinski definition) is 1. The van der Waals surface area contributed by atoms with Crippen molar-refractivity contribution in [2.24, 2.45) is 7.05 Å². The molecule has 0 aliphatic rings. The molecule has 0 spiro atoms. The van der Waals surface area contributed by atoms with E-state index in [9.17, 15) is 0 Å². The quantitative estimate of drug-likeness (QED) is 0.803. The minimum Gasteiger partial charge on any atom is -0.466 e. The summed E-state index contributed by atoms with van der Waals surface area (Å²) in [7, 11) is 1.93. The molecule has 1 atom stereocenters. The highest BCUT2D eigenvalue weighted by Crippen LogP contribution is 2.31. The summed E-state index contributed by atoms with van der Waals surface area (Å²) >= 11 is 0. The largest absolute Gasteiger partial charge is 0.466 e. The lowest BCUT2D eigenvalue weighted by Crippen LogP contribution is -2.12. The molecule has 0 radical (unpaired) electrons. The number of aryl methyl sites for hydroxylation is 4. The van der Waals surface area contributed by atoms with Gasteiger partial charge in [0.25, 0.3) is 0 Å². The van der Waals surface area contributed by atoms with Crippen molar-refractivity contribution in [2.75, 3.05) is 5.73 Å². The summed E-state index contributed by atoms with van der Waals surface area (Å²) in [5.41, 5.74) is 10.1. The van der Waals surface area contributed by atoms with E-state index < -0.39 is 0 Å². The number of nitrogen functional groups attached to an aromatic ring is 1. The van der Waals surface area contributed by atoms with Crippen LogP contribution in [-0.2, 0) is 13.5 Å². The lowest BCUT2D eigenvalue weighted by Gasteiger charge is -2.15. The molecule has 0 bridgehead atoms.